The molecule has 86 valence electrons. The van der Waals surface area contributed by atoms with Crippen molar-refractivity contribution in [2.45, 2.75) is 39.2 Å². The molecule has 1 aromatic carbocycles. The summed E-state index contributed by atoms with van der Waals surface area (Å²) >= 11 is 0. The highest BCUT2D eigenvalue weighted by Gasteiger charge is 2.29. The monoisotopic (exact) mass is 218 g/mol. The number of hydrogen-bond acceptors (Lipinski definition) is 2. The Hall–Kier alpha value is -1.31. The highest BCUT2D eigenvalue weighted by molar-refractivity contribution is 5.80. The molecule has 0 N–H and O–H groups in total. The minimum absolute atomic E-state index is 0.134. The summed E-state index contributed by atoms with van der Waals surface area (Å²) in [5.74, 6) is 1.68. The van der Waals surface area contributed by atoms with Gasteiger partial charge < -0.3 is 4.74 Å². The van der Waals surface area contributed by atoms with Crippen LogP contribution in [0.3, 0.4) is 0 Å². The van der Waals surface area contributed by atoms with Crippen LogP contribution in [-0.4, -0.2) is 11.9 Å². The molecule has 2 nitrogen and oxygen atoms in total. The molecular weight excluding hydrogens is 200 g/mol. The van der Waals surface area contributed by atoms with E-state index in [0.717, 1.165) is 17.7 Å². The molecular formula is C14H18O2. The average molecular weight is 218 g/mol. The number of carbonyl (C=O) groups excluding carboxylic acids is 1. The molecule has 2 heteroatoms. The van der Waals surface area contributed by atoms with Gasteiger partial charge in [0.2, 0.25) is 0 Å². The molecule has 0 radical (unpaired) electrons. The fourth-order valence-electron chi connectivity index (χ4n) is 1.80. The number of para-hydroxylation sites is 1. The predicted molar refractivity (Wildman–Crippen MR) is 63.6 cm³/mol. The van der Waals surface area contributed by atoms with Crippen molar-refractivity contribution in [1.82, 2.24) is 0 Å². The molecule has 0 aliphatic heterocycles. The molecule has 1 atom stereocenters. The van der Waals surface area contributed by atoms with Gasteiger partial charge in [-0.25, -0.2) is 0 Å². The van der Waals surface area contributed by atoms with Gasteiger partial charge in [-0.3, -0.25) is 4.79 Å². The van der Waals surface area contributed by atoms with Gasteiger partial charge >= 0.3 is 0 Å². The van der Waals surface area contributed by atoms with E-state index in [1.54, 1.807) is 6.92 Å². The number of rotatable bonds is 5. The summed E-state index contributed by atoms with van der Waals surface area (Å²) in [5.41, 5.74) is 1.09. The summed E-state index contributed by atoms with van der Waals surface area (Å²) in [7, 11) is 0. The summed E-state index contributed by atoms with van der Waals surface area (Å²) in [6.45, 7) is 3.62. The lowest BCUT2D eigenvalue weighted by Gasteiger charge is -2.17. The lowest BCUT2D eigenvalue weighted by molar-refractivity contribution is -0.124. The largest absolute Gasteiger partial charge is 0.482 e. The van der Waals surface area contributed by atoms with E-state index in [1.807, 2.05) is 31.2 Å². The Balaban J connectivity index is 2.04. The third kappa shape index (κ3) is 2.84. The van der Waals surface area contributed by atoms with Gasteiger partial charge in [0, 0.05) is 0 Å². The Morgan fingerprint density at radius 1 is 1.44 bits per heavy atom. The maximum absolute atomic E-state index is 11.5. The minimum atomic E-state index is -0.256. The van der Waals surface area contributed by atoms with Crippen molar-refractivity contribution >= 4 is 5.78 Å². The summed E-state index contributed by atoms with van der Waals surface area (Å²) in [4.78, 5) is 11.5. The number of ether oxygens (including phenoxy) is 1. The third-order valence-corrected chi connectivity index (χ3v) is 3.06. The van der Waals surface area contributed by atoms with Crippen molar-refractivity contribution in [2.24, 2.45) is 5.92 Å². The summed E-state index contributed by atoms with van der Waals surface area (Å²) < 4.78 is 5.81. The molecule has 0 saturated heterocycles. The van der Waals surface area contributed by atoms with Gasteiger partial charge in [-0.05, 0) is 37.8 Å². The zero-order chi connectivity index (χ0) is 11.5. The molecule has 0 bridgehead atoms. The second-order valence-corrected chi connectivity index (χ2v) is 4.66. The SMILES string of the molecule is CC(=O)C(CC1CC1)Oc1ccccc1C. The van der Waals surface area contributed by atoms with Crippen LogP contribution in [0.5, 0.6) is 5.75 Å². The first kappa shape index (κ1) is 11.2. The first-order valence-electron chi connectivity index (χ1n) is 5.89. The van der Waals surface area contributed by atoms with Crippen LogP contribution in [0.25, 0.3) is 0 Å². The third-order valence-electron chi connectivity index (χ3n) is 3.06. The second-order valence-electron chi connectivity index (χ2n) is 4.66. The number of ketones is 1. The number of aryl methyl sites for hydroxylation is 1. The topological polar surface area (TPSA) is 26.3 Å². The Morgan fingerprint density at radius 3 is 2.69 bits per heavy atom. The van der Waals surface area contributed by atoms with E-state index < -0.39 is 0 Å². The van der Waals surface area contributed by atoms with Crippen LogP contribution in [0.15, 0.2) is 24.3 Å². The molecule has 0 amide bonds. The summed E-state index contributed by atoms with van der Waals surface area (Å²) in [6.07, 6.45) is 3.12. The van der Waals surface area contributed by atoms with Crippen LogP contribution < -0.4 is 4.74 Å². The summed E-state index contributed by atoms with van der Waals surface area (Å²) in [5, 5.41) is 0. The van der Waals surface area contributed by atoms with Crippen LogP contribution in [0.2, 0.25) is 0 Å². The van der Waals surface area contributed by atoms with Crippen molar-refractivity contribution in [3.8, 4) is 5.75 Å². The predicted octanol–water partition coefficient (Wildman–Crippen LogP) is 3.13. The van der Waals surface area contributed by atoms with Gasteiger partial charge in [-0.1, -0.05) is 31.0 Å². The smallest absolute Gasteiger partial charge is 0.170 e. The van der Waals surface area contributed by atoms with Crippen LogP contribution in [0, 0.1) is 12.8 Å². The van der Waals surface area contributed by atoms with Crippen LogP contribution in [-0.2, 0) is 4.79 Å². The fourth-order valence-corrected chi connectivity index (χ4v) is 1.80. The molecule has 0 aromatic heterocycles. The Morgan fingerprint density at radius 2 is 2.12 bits per heavy atom. The van der Waals surface area contributed by atoms with E-state index in [4.69, 9.17) is 4.74 Å². The highest BCUT2D eigenvalue weighted by Crippen LogP contribution is 2.35. The van der Waals surface area contributed by atoms with Crippen LogP contribution in [0.1, 0.15) is 31.7 Å². The van der Waals surface area contributed by atoms with Crippen molar-refractivity contribution in [3.05, 3.63) is 29.8 Å². The number of hydrogen-bond donors (Lipinski definition) is 0. The molecule has 16 heavy (non-hydrogen) atoms. The second kappa shape index (κ2) is 4.69. The zero-order valence-corrected chi connectivity index (χ0v) is 9.90. The Bertz CT molecular complexity index is 380. The normalized spacial score (nSPS) is 16.9. The van der Waals surface area contributed by atoms with Gasteiger partial charge in [0.1, 0.15) is 5.75 Å². The molecule has 0 spiro atoms. The molecule has 1 aliphatic carbocycles. The number of Topliss-reactive ketones (excluding diaryl/α,β-unsaturated/α-hetero) is 1. The average Bonchev–Trinajstić information content (AvgIpc) is 3.04. The molecule has 1 aliphatic rings. The molecule has 0 heterocycles. The maximum atomic E-state index is 11.5. The Kier molecular flexibility index (Phi) is 3.28. The number of carbonyl (C=O) groups is 1. The van der Waals surface area contributed by atoms with E-state index in [-0.39, 0.29) is 11.9 Å². The first-order chi connectivity index (χ1) is 7.66. The van der Waals surface area contributed by atoms with Crippen molar-refractivity contribution in [2.75, 3.05) is 0 Å². The van der Waals surface area contributed by atoms with Gasteiger partial charge in [-0.2, -0.15) is 0 Å². The van der Waals surface area contributed by atoms with Crippen LogP contribution >= 0.6 is 0 Å². The summed E-state index contributed by atoms with van der Waals surface area (Å²) in [6, 6.07) is 7.85. The lowest BCUT2D eigenvalue weighted by atomic mass is 10.1. The standard InChI is InChI=1S/C14H18O2/c1-10-5-3-4-6-13(10)16-14(11(2)15)9-12-7-8-12/h3-6,12,14H,7-9H2,1-2H3. The quantitative estimate of drug-likeness (QED) is 0.759. The first-order valence-corrected chi connectivity index (χ1v) is 5.89. The zero-order valence-electron chi connectivity index (χ0n) is 9.90. The maximum Gasteiger partial charge on any atom is 0.170 e. The van der Waals surface area contributed by atoms with E-state index >= 15 is 0 Å². The van der Waals surface area contributed by atoms with E-state index in [9.17, 15) is 4.79 Å². The fraction of sp³-hybridized carbons (Fsp3) is 0.500. The number of benzene rings is 1. The van der Waals surface area contributed by atoms with Gasteiger partial charge in [0.15, 0.2) is 11.9 Å². The lowest BCUT2D eigenvalue weighted by Crippen LogP contribution is -2.25. The minimum Gasteiger partial charge on any atom is -0.482 e. The van der Waals surface area contributed by atoms with Gasteiger partial charge in [-0.15, -0.1) is 0 Å². The van der Waals surface area contributed by atoms with Crippen molar-refractivity contribution < 1.29 is 9.53 Å². The molecule has 1 aromatic rings. The molecule has 2 rings (SSSR count). The van der Waals surface area contributed by atoms with E-state index in [2.05, 4.69) is 0 Å². The van der Waals surface area contributed by atoms with E-state index in [0.29, 0.717) is 5.92 Å². The van der Waals surface area contributed by atoms with Gasteiger partial charge in [0.05, 0.1) is 0 Å². The van der Waals surface area contributed by atoms with Crippen molar-refractivity contribution in [3.63, 3.8) is 0 Å². The van der Waals surface area contributed by atoms with Gasteiger partial charge in [0.25, 0.3) is 0 Å². The van der Waals surface area contributed by atoms with Crippen LogP contribution in [0.4, 0.5) is 0 Å². The molecule has 1 saturated carbocycles. The van der Waals surface area contributed by atoms with E-state index in [1.165, 1.54) is 12.8 Å². The highest BCUT2D eigenvalue weighted by atomic mass is 16.5. The van der Waals surface area contributed by atoms with Crippen molar-refractivity contribution in [1.29, 1.82) is 0 Å². The molecule has 1 fully saturated rings. The Labute approximate surface area is 96.6 Å². The molecule has 1 unspecified atom stereocenters.